The number of methoxy groups -OCH3 is 2. The van der Waals surface area contributed by atoms with Gasteiger partial charge in [-0.25, -0.2) is 4.99 Å². The molecule has 0 radical (unpaired) electrons. The van der Waals surface area contributed by atoms with E-state index in [1.165, 1.54) is 0 Å². The van der Waals surface area contributed by atoms with Gasteiger partial charge < -0.3 is 14.8 Å². The molecule has 1 aromatic heterocycles. The van der Waals surface area contributed by atoms with Gasteiger partial charge in [-0.3, -0.25) is 14.8 Å². The van der Waals surface area contributed by atoms with Gasteiger partial charge in [0.15, 0.2) is 0 Å². The number of thioether (sulfide) groups is 1. The lowest BCUT2D eigenvalue weighted by Gasteiger charge is -2.06. The second kappa shape index (κ2) is 7.69. The largest absolute Gasteiger partial charge is 0.497 e. The van der Waals surface area contributed by atoms with E-state index in [0.717, 1.165) is 28.4 Å². The van der Waals surface area contributed by atoms with Gasteiger partial charge in [0.25, 0.3) is 5.24 Å². The quantitative estimate of drug-likeness (QED) is 0.717. The number of aromatic nitrogens is 2. The first-order valence-electron chi connectivity index (χ1n) is 8.38. The predicted octanol–water partition coefficient (Wildman–Crippen LogP) is 4.17. The molecular formula is C20H16N4O3S. The Hall–Kier alpha value is -3.39. The molecule has 1 fully saturated rings. The molecule has 0 unspecified atom stereocenters. The standard InChI is InChI=1S/C20H16N4O3S/c1-26-14-9-13(10-15(11-14)27-2)23-19-17(28-20(25)24-19)8-12-4-3-5-16-18(12)22-7-6-21-16/h3-11H,1-2H3,(H,23,24,25). The van der Waals surface area contributed by atoms with E-state index in [2.05, 4.69) is 20.3 Å². The number of carbonyl (C=O) groups excluding carboxylic acids is 1. The maximum Gasteiger partial charge on any atom is 0.289 e. The highest BCUT2D eigenvalue weighted by molar-refractivity contribution is 8.18. The normalized spacial score (nSPS) is 16.6. The van der Waals surface area contributed by atoms with E-state index in [9.17, 15) is 4.79 Å². The highest BCUT2D eigenvalue weighted by atomic mass is 32.2. The molecule has 1 aliphatic rings. The van der Waals surface area contributed by atoms with Crippen LogP contribution in [-0.2, 0) is 0 Å². The van der Waals surface area contributed by atoms with E-state index in [0.29, 0.717) is 27.9 Å². The monoisotopic (exact) mass is 392 g/mol. The van der Waals surface area contributed by atoms with Crippen LogP contribution in [0.2, 0.25) is 0 Å². The van der Waals surface area contributed by atoms with Gasteiger partial charge >= 0.3 is 0 Å². The van der Waals surface area contributed by atoms with Crippen LogP contribution in [0.25, 0.3) is 17.1 Å². The van der Waals surface area contributed by atoms with Crippen LogP contribution in [0.1, 0.15) is 5.56 Å². The Bertz CT molecular complexity index is 1100. The number of ether oxygens (including phenoxy) is 2. The lowest BCUT2D eigenvalue weighted by atomic mass is 10.1. The van der Waals surface area contributed by atoms with Crippen molar-refractivity contribution in [3.05, 3.63) is 59.3 Å². The van der Waals surface area contributed by atoms with Crippen molar-refractivity contribution in [2.45, 2.75) is 0 Å². The first-order chi connectivity index (χ1) is 13.7. The van der Waals surface area contributed by atoms with Crippen LogP contribution in [0.4, 0.5) is 10.5 Å². The molecule has 0 aliphatic carbocycles. The average molecular weight is 392 g/mol. The summed E-state index contributed by atoms with van der Waals surface area (Å²) >= 11 is 1.09. The SMILES string of the molecule is COc1cc(N=C2NC(=O)SC2=Cc2cccc3nccnc23)cc(OC)c1. The number of carbonyl (C=O) groups is 1. The molecule has 3 aromatic rings. The maximum absolute atomic E-state index is 12.0. The second-order valence-electron chi connectivity index (χ2n) is 5.83. The molecule has 8 heteroatoms. The second-order valence-corrected chi connectivity index (χ2v) is 6.84. The molecule has 7 nitrogen and oxygen atoms in total. The Morgan fingerprint density at radius 3 is 2.57 bits per heavy atom. The van der Waals surface area contributed by atoms with Crippen LogP contribution in [-0.4, -0.2) is 35.3 Å². The first-order valence-corrected chi connectivity index (χ1v) is 9.20. The van der Waals surface area contributed by atoms with E-state index in [-0.39, 0.29) is 5.24 Å². The van der Waals surface area contributed by atoms with Crippen molar-refractivity contribution < 1.29 is 14.3 Å². The molecule has 1 saturated heterocycles. The summed E-state index contributed by atoms with van der Waals surface area (Å²) in [7, 11) is 3.15. The summed E-state index contributed by atoms with van der Waals surface area (Å²) in [5, 5.41) is 2.60. The molecule has 2 aromatic carbocycles. The van der Waals surface area contributed by atoms with Gasteiger partial charge in [-0.1, -0.05) is 12.1 Å². The number of hydrogen-bond donors (Lipinski definition) is 1. The van der Waals surface area contributed by atoms with Gasteiger partial charge in [0, 0.05) is 36.2 Å². The molecule has 0 spiro atoms. The van der Waals surface area contributed by atoms with Crippen molar-refractivity contribution in [3.63, 3.8) is 0 Å². The minimum atomic E-state index is -0.189. The van der Waals surface area contributed by atoms with Crippen molar-refractivity contribution in [2.24, 2.45) is 4.99 Å². The number of rotatable bonds is 4. The van der Waals surface area contributed by atoms with Crippen LogP contribution in [0.5, 0.6) is 11.5 Å². The average Bonchev–Trinajstić information content (AvgIpc) is 3.06. The molecule has 0 bridgehead atoms. The fourth-order valence-corrected chi connectivity index (χ4v) is 3.50. The van der Waals surface area contributed by atoms with Gasteiger partial charge in [-0.2, -0.15) is 0 Å². The van der Waals surface area contributed by atoms with Gasteiger partial charge in [0.2, 0.25) is 0 Å². The van der Waals surface area contributed by atoms with Crippen molar-refractivity contribution in [1.29, 1.82) is 0 Å². The number of hydrogen-bond acceptors (Lipinski definition) is 7. The molecule has 1 amide bonds. The minimum absolute atomic E-state index is 0.189. The summed E-state index contributed by atoms with van der Waals surface area (Å²) < 4.78 is 10.6. The fraction of sp³-hybridized carbons (Fsp3) is 0.100. The number of amides is 1. The first kappa shape index (κ1) is 18.0. The van der Waals surface area contributed by atoms with E-state index < -0.39 is 0 Å². The topological polar surface area (TPSA) is 85.7 Å². The zero-order valence-corrected chi connectivity index (χ0v) is 16.0. The summed E-state index contributed by atoms with van der Waals surface area (Å²) in [5.74, 6) is 1.70. The number of nitrogens with one attached hydrogen (secondary N) is 1. The Balaban J connectivity index is 1.78. The Kier molecular flexibility index (Phi) is 4.94. The van der Waals surface area contributed by atoms with E-state index in [1.807, 2.05) is 24.3 Å². The summed E-state index contributed by atoms with van der Waals surface area (Å²) in [5.41, 5.74) is 3.02. The zero-order chi connectivity index (χ0) is 19.5. The van der Waals surface area contributed by atoms with Crippen molar-refractivity contribution in [3.8, 4) is 11.5 Å². The van der Waals surface area contributed by atoms with Crippen LogP contribution >= 0.6 is 11.8 Å². The molecule has 1 aliphatic heterocycles. The number of para-hydroxylation sites is 1. The van der Waals surface area contributed by atoms with Crippen molar-refractivity contribution >= 4 is 45.6 Å². The zero-order valence-electron chi connectivity index (χ0n) is 15.2. The molecule has 140 valence electrons. The van der Waals surface area contributed by atoms with Crippen LogP contribution in [0, 0.1) is 0 Å². The van der Waals surface area contributed by atoms with E-state index in [4.69, 9.17) is 9.47 Å². The molecular weight excluding hydrogens is 376 g/mol. The lowest BCUT2D eigenvalue weighted by Crippen LogP contribution is -2.18. The summed E-state index contributed by atoms with van der Waals surface area (Å²) in [6, 6.07) is 11.0. The molecule has 2 heterocycles. The lowest BCUT2D eigenvalue weighted by molar-refractivity contribution is 0.265. The van der Waals surface area contributed by atoms with Crippen LogP contribution in [0.15, 0.2) is 58.7 Å². The summed E-state index contributed by atoms with van der Waals surface area (Å²) in [6.45, 7) is 0. The molecule has 0 atom stereocenters. The predicted molar refractivity (Wildman–Crippen MR) is 110 cm³/mol. The molecule has 1 N–H and O–H groups in total. The number of benzene rings is 2. The van der Waals surface area contributed by atoms with Gasteiger partial charge in [0.05, 0.1) is 35.8 Å². The van der Waals surface area contributed by atoms with Gasteiger partial charge in [-0.15, -0.1) is 0 Å². The van der Waals surface area contributed by atoms with Crippen molar-refractivity contribution in [1.82, 2.24) is 15.3 Å². The number of nitrogens with zero attached hydrogens (tertiary/aromatic N) is 3. The maximum atomic E-state index is 12.0. The van der Waals surface area contributed by atoms with E-state index in [1.54, 1.807) is 44.8 Å². The Morgan fingerprint density at radius 2 is 1.82 bits per heavy atom. The van der Waals surface area contributed by atoms with E-state index >= 15 is 0 Å². The molecule has 0 saturated carbocycles. The third kappa shape index (κ3) is 3.67. The molecule has 4 rings (SSSR count). The van der Waals surface area contributed by atoms with Gasteiger partial charge in [0.1, 0.15) is 17.3 Å². The fourth-order valence-electron chi connectivity index (χ4n) is 2.77. The summed E-state index contributed by atoms with van der Waals surface area (Å²) in [6.07, 6.45) is 5.18. The number of aliphatic imine (C=N–C) groups is 1. The number of amidine groups is 1. The third-order valence-electron chi connectivity index (χ3n) is 4.05. The smallest absolute Gasteiger partial charge is 0.289 e. The highest BCUT2D eigenvalue weighted by Gasteiger charge is 2.24. The highest BCUT2D eigenvalue weighted by Crippen LogP contribution is 2.32. The van der Waals surface area contributed by atoms with Crippen LogP contribution < -0.4 is 14.8 Å². The minimum Gasteiger partial charge on any atom is -0.497 e. The van der Waals surface area contributed by atoms with Crippen molar-refractivity contribution in [2.75, 3.05) is 14.2 Å². The summed E-state index contributed by atoms with van der Waals surface area (Å²) in [4.78, 5) is 26.0. The van der Waals surface area contributed by atoms with Gasteiger partial charge in [-0.05, 0) is 23.9 Å². The number of fused-ring (bicyclic) bond motifs is 1. The molecule has 28 heavy (non-hydrogen) atoms. The third-order valence-corrected chi connectivity index (χ3v) is 4.87. The van der Waals surface area contributed by atoms with Crippen LogP contribution in [0.3, 0.4) is 0 Å². The Morgan fingerprint density at radius 1 is 1.07 bits per heavy atom. The Labute approximate surface area is 165 Å².